The van der Waals surface area contributed by atoms with E-state index in [-0.39, 0.29) is 29.4 Å². The summed E-state index contributed by atoms with van der Waals surface area (Å²) in [6.45, 7) is 8.45. The molecule has 0 aliphatic heterocycles. The minimum absolute atomic E-state index is 0.0247. The third-order valence-corrected chi connectivity index (χ3v) is 8.34. The molecule has 0 bridgehead atoms. The molecule has 3 rings (SSSR count). The van der Waals surface area contributed by atoms with E-state index < -0.39 is 0 Å². The lowest BCUT2D eigenvalue weighted by Gasteiger charge is -2.26. The van der Waals surface area contributed by atoms with Gasteiger partial charge in [0, 0.05) is 35.1 Å². The summed E-state index contributed by atoms with van der Waals surface area (Å²) in [4.78, 5) is 46.9. The third kappa shape index (κ3) is 9.58. The van der Waals surface area contributed by atoms with E-state index in [1.54, 1.807) is 15.5 Å². The Balaban J connectivity index is 1.89. The van der Waals surface area contributed by atoms with Crippen molar-refractivity contribution in [2.45, 2.75) is 102 Å². The van der Waals surface area contributed by atoms with Crippen LogP contribution in [0.15, 0.2) is 70.4 Å². The van der Waals surface area contributed by atoms with Gasteiger partial charge in [0.25, 0.3) is 5.56 Å². The van der Waals surface area contributed by atoms with Crippen molar-refractivity contribution in [3.05, 3.63) is 76.8 Å². The Morgan fingerprint density at radius 1 is 0.929 bits per heavy atom. The molecule has 0 N–H and O–H groups in total. The maximum Gasteiger partial charge on any atom is 0.319 e. The fraction of sp³-hybridized carbons (Fsp3) is 0.471. The van der Waals surface area contributed by atoms with Crippen molar-refractivity contribution < 1.29 is 14.3 Å². The molecule has 1 amide bonds. The van der Waals surface area contributed by atoms with Crippen molar-refractivity contribution in [1.29, 1.82) is 0 Å². The Bertz CT molecular complexity index is 1320. The van der Waals surface area contributed by atoms with Gasteiger partial charge in [0.1, 0.15) is 17.7 Å². The van der Waals surface area contributed by atoms with E-state index in [9.17, 15) is 14.4 Å². The number of carbonyl (C=O) groups excluding carboxylic acids is 2. The maximum absolute atomic E-state index is 13.6. The van der Waals surface area contributed by atoms with Crippen molar-refractivity contribution in [1.82, 2.24) is 9.55 Å². The summed E-state index contributed by atoms with van der Waals surface area (Å²) in [5.41, 5.74) is 2.04. The molecule has 1 heterocycles. The van der Waals surface area contributed by atoms with Gasteiger partial charge in [-0.15, -0.1) is 11.8 Å². The van der Waals surface area contributed by atoms with Crippen molar-refractivity contribution in [3.8, 4) is 11.3 Å². The Hall–Kier alpha value is -3.39. The molecule has 0 radical (unpaired) electrons. The molecule has 3 aromatic rings. The number of carbonyl (C=O) groups is 2. The first-order chi connectivity index (χ1) is 20.4. The quantitative estimate of drug-likeness (QED) is 0.0911. The van der Waals surface area contributed by atoms with Crippen LogP contribution >= 0.6 is 11.8 Å². The smallest absolute Gasteiger partial charge is 0.319 e. The van der Waals surface area contributed by atoms with Gasteiger partial charge in [-0.05, 0) is 44.0 Å². The summed E-state index contributed by atoms with van der Waals surface area (Å²) in [5.74, 6) is 0.403. The molecule has 0 saturated carbocycles. The van der Waals surface area contributed by atoms with Crippen LogP contribution < -0.4 is 10.5 Å². The minimum Gasteiger partial charge on any atom is -0.465 e. The predicted octanol–water partition coefficient (Wildman–Crippen LogP) is 7.65. The highest BCUT2D eigenvalue weighted by Gasteiger charge is 2.22. The molecule has 0 aliphatic rings. The number of nitrogens with zero attached hydrogens (tertiary/aromatic N) is 3. The largest absolute Gasteiger partial charge is 0.465 e. The summed E-state index contributed by atoms with van der Waals surface area (Å²) in [6, 6.07) is 18.9. The van der Waals surface area contributed by atoms with Gasteiger partial charge >= 0.3 is 5.97 Å². The van der Waals surface area contributed by atoms with Crippen LogP contribution in [0.1, 0.15) is 84.9 Å². The topological polar surface area (TPSA) is 81.5 Å². The van der Waals surface area contributed by atoms with Gasteiger partial charge in [0.2, 0.25) is 5.91 Å². The van der Waals surface area contributed by atoms with Crippen LogP contribution in [0.25, 0.3) is 11.3 Å². The first kappa shape index (κ1) is 33.1. The fourth-order valence-corrected chi connectivity index (χ4v) is 5.92. The molecule has 0 aliphatic carbocycles. The third-order valence-electron chi connectivity index (χ3n) is 7.08. The number of benzene rings is 2. The van der Waals surface area contributed by atoms with Crippen molar-refractivity contribution >= 4 is 29.3 Å². The molecule has 0 spiro atoms. The summed E-state index contributed by atoms with van der Waals surface area (Å²) >= 11 is 1.48. The van der Waals surface area contributed by atoms with Gasteiger partial charge in [-0.3, -0.25) is 23.9 Å². The van der Waals surface area contributed by atoms with E-state index in [0.717, 1.165) is 55.4 Å². The molecule has 2 aromatic carbocycles. The van der Waals surface area contributed by atoms with Gasteiger partial charge in [0.15, 0.2) is 0 Å². The van der Waals surface area contributed by atoms with Gasteiger partial charge in [0.05, 0.1) is 12.3 Å². The SMILES string of the molecule is CCCCCCCC(=O)N(Cn1c(CC)nc(-c2ccccc2)cc1=O)c1ccc(SC(CCC)C(=O)OCC)cc1. The van der Waals surface area contributed by atoms with Crippen LogP contribution in [-0.2, 0) is 27.4 Å². The number of hydrogen-bond acceptors (Lipinski definition) is 6. The average molecular weight is 592 g/mol. The lowest BCUT2D eigenvalue weighted by atomic mass is 10.1. The zero-order chi connectivity index (χ0) is 30.3. The molecule has 1 atom stereocenters. The second-order valence-electron chi connectivity index (χ2n) is 10.3. The summed E-state index contributed by atoms with van der Waals surface area (Å²) in [5, 5.41) is -0.276. The van der Waals surface area contributed by atoms with Crippen molar-refractivity contribution in [2.75, 3.05) is 11.5 Å². The van der Waals surface area contributed by atoms with E-state index in [1.807, 2.05) is 68.4 Å². The van der Waals surface area contributed by atoms with Crippen molar-refractivity contribution in [3.63, 3.8) is 0 Å². The lowest BCUT2D eigenvalue weighted by Crippen LogP contribution is -2.38. The number of esters is 1. The normalized spacial score (nSPS) is 11.7. The molecule has 0 saturated heterocycles. The monoisotopic (exact) mass is 591 g/mol. The lowest BCUT2D eigenvalue weighted by molar-refractivity contribution is -0.142. The molecule has 1 unspecified atom stereocenters. The summed E-state index contributed by atoms with van der Waals surface area (Å²) in [6.07, 6.45) is 7.80. The molecule has 7 nitrogen and oxygen atoms in total. The number of aryl methyl sites for hydroxylation is 1. The summed E-state index contributed by atoms with van der Waals surface area (Å²) in [7, 11) is 0. The van der Waals surface area contributed by atoms with Crippen LogP contribution in [0.2, 0.25) is 0 Å². The summed E-state index contributed by atoms with van der Waals surface area (Å²) < 4.78 is 6.87. The van der Waals surface area contributed by atoms with Crippen LogP contribution in [0.4, 0.5) is 5.69 Å². The first-order valence-electron chi connectivity index (χ1n) is 15.3. The number of rotatable bonds is 17. The second kappa shape index (κ2) is 17.5. The van der Waals surface area contributed by atoms with Crippen LogP contribution in [0, 0.1) is 0 Å². The highest BCUT2D eigenvalue weighted by molar-refractivity contribution is 8.00. The molecule has 0 fully saturated rings. The number of hydrogen-bond donors (Lipinski definition) is 0. The number of anilines is 1. The molecule has 8 heteroatoms. The molecular weight excluding hydrogens is 546 g/mol. The molecule has 1 aromatic heterocycles. The van der Waals surface area contributed by atoms with E-state index in [0.29, 0.717) is 36.7 Å². The highest BCUT2D eigenvalue weighted by atomic mass is 32.2. The van der Waals surface area contributed by atoms with E-state index in [2.05, 4.69) is 13.8 Å². The van der Waals surface area contributed by atoms with E-state index in [1.165, 1.54) is 11.8 Å². The predicted molar refractivity (Wildman–Crippen MR) is 172 cm³/mol. The Kier molecular flexibility index (Phi) is 13.8. The van der Waals surface area contributed by atoms with Gasteiger partial charge in [-0.2, -0.15) is 0 Å². The Labute approximate surface area is 254 Å². The number of unbranched alkanes of at least 4 members (excludes halogenated alkanes) is 4. The molecule has 226 valence electrons. The Morgan fingerprint density at radius 3 is 2.29 bits per heavy atom. The standard InChI is InChI=1S/C34H45N3O4S/c1-5-9-10-11-15-19-32(38)36(27-20-22-28(23-21-27)42-30(16-6-2)34(40)41-8-4)25-37-31(7-3)35-29(24-33(37)39)26-17-13-12-14-18-26/h12-14,17-18,20-24,30H,5-11,15-16,19,25H2,1-4H3. The first-order valence-corrected chi connectivity index (χ1v) is 16.2. The number of amides is 1. The second-order valence-corrected chi connectivity index (χ2v) is 11.6. The van der Waals surface area contributed by atoms with Crippen LogP contribution in [0.3, 0.4) is 0 Å². The van der Waals surface area contributed by atoms with E-state index in [4.69, 9.17) is 9.72 Å². The zero-order valence-corrected chi connectivity index (χ0v) is 26.3. The molecule has 42 heavy (non-hydrogen) atoms. The molecular formula is C34H45N3O4S. The number of aromatic nitrogens is 2. The fourth-order valence-electron chi connectivity index (χ4n) is 4.78. The van der Waals surface area contributed by atoms with Crippen molar-refractivity contribution in [2.24, 2.45) is 0 Å². The highest BCUT2D eigenvalue weighted by Crippen LogP contribution is 2.30. The van der Waals surface area contributed by atoms with E-state index >= 15 is 0 Å². The number of thioether (sulfide) groups is 1. The van der Waals surface area contributed by atoms with Gasteiger partial charge in [-0.1, -0.05) is 83.2 Å². The van der Waals surface area contributed by atoms with Crippen LogP contribution in [0.5, 0.6) is 0 Å². The Morgan fingerprint density at radius 2 is 1.64 bits per heavy atom. The number of ether oxygens (including phenoxy) is 1. The zero-order valence-electron chi connectivity index (χ0n) is 25.5. The van der Waals surface area contributed by atoms with Crippen LogP contribution in [-0.4, -0.2) is 33.3 Å². The average Bonchev–Trinajstić information content (AvgIpc) is 3.00. The van der Waals surface area contributed by atoms with Gasteiger partial charge in [-0.25, -0.2) is 4.98 Å². The maximum atomic E-state index is 13.6. The van der Waals surface area contributed by atoms with Gasteiger partial charge < -0.3 is 4.74 Å². The minimum atomic E-state index is -0.276.